The zero-order valence-electron chi connectivity index (χ0n) is 12.6. The summed E-state index contributed by atoms with van der Waals surface area (Å²) in [6.07, 6.45) is 3.48. The lowest BCUT2D eigenvalue weighted by atomic mass is 10.3. The van der Waals surface area contributed by atoms with Crippen LogP contribution in [0.2, 0.25) is 0 Å². The maximum Gasteiger partial charge on any atom is 0.234 e. The maximum absolute atomic E-state index is 12.0. The van der Waals surface area contributed by atoms with Gasteiger partial charge in [0.05, 0.1) is 13.1 Å². The third kappa shape index (κ3) is 4.33. The quantitative estimate of drug-likeness (QED) is 0.741. The summed E-state index contributed by atoms with van der Waals surface area (Å²) in [6, 6.07) is 1.80. The summed E-state index contributed by atoms with van der Waals surface area (Å²) in [7, 11) is 0. The normalized spacial score (nSPS) is 15.6. The number of anilines is 2. The molecule has 122 valence electrons. The monoisotopic (exact) mass is 334 g/mol. The molecule has 3 rings (SSSR count). The fourth-order valence-electron chi connectivity index (χ4n) is 2.33. The Morgan fingerprint density at radius 2 is 1.96 bits per heavy atom. The number of nitrogens with zero attached hydrogens (tertiary/aromatic N) is 6. The SMILES string of the molecule is Nc1nnc(CNC(=O)CN2CCN(c3ncccn3)CC2)s1. The summed E-state index contributed by atoms with van der Waals surface area (Å²) in [5.41, 5.74) is 5.50. The summed E-state index contributed by atoms with van der Waals surface area (Å²) in [5, 5.41) is 11.5. The van der Waals surface area contributed by atoms with E-state index in [9.17, 15) is 4.79 Å². The molecule has 0 aliphatic carbocycles. The van der Waals surface area contributed by atoms with Gasteiger partial charge < -0.3 is 16.0 Å². The van der Waals surface area contributed by atoms with E-state index >= 15 is 0 Å². The Hall–Kier alpha value is -2.33. The van der Waals surface area contributed by atoms with Gasteiger partial charge in [-0.25, -0.2) is 9.97 Å². The van der Waals surface area contributed by atoms with Gasteiger partial charge in [0.25, 0.3) is 0 Å². The van der Waals surface area contributed by atoms with Crippen LogP contribution in [0.5, 0.6) is 0 Å². The molecule has 9 nitrogen and oxygen atoms in total. The van der Waals surface area contributed by atoms with Gasteiger partial charge in [0, 0.05) is 38.6 Å². The smallest absolute Gasteiger partial charge is 0.234 e. The van der Waals surface area contributed by atoms with Crippen molar-refractivity contribution < 1.29 is 4.79 Å². The van der Waals surface area contributed by atoms with Crippen molar-refractivity contribution >= 4 is 28.3 Å². The Balaban J connectivity index is 1.41. The van der Waals surface area contributed by atoms with Gasteiger partial charge in [0.2, 0.25) is 17.0 Å². The van der Waals surface area contributed by atoms with Crippen LogP contribution in [-0.2, 0) is 11.3 Å². The van der Waals surface area contributed by atoms with Gasteiger partial charge in [0.1, 0.15) is 5.01 Å². The van der Waals surface area contributed by atoms with Crippen molar-refractivity contribution in [3.63, 3.8) is 0 Å². The van der Waals surface area contributed by atoms with Crippen molar-refractivity contribution in [1.29, 1.82) is 0 Å². The Bertz CT molecular complexity index is 640. The number of nitrogens with two attached hydrogens (primary N) is 1. The van der Waals surface area contributed by atoms with E-state index < -0.39 is 0 Å². The standard InChI is InChI=1S/C13H18N8OS/c14-12-19-18-11(23-12)8-17-10(22)9-20-4-6-21(7-5-20)13-15-2-1-3-16-13/h1-3H,4-9H2,(H2,14,19)(H,17,22). The van der Waals surface area contributed by atoms with Gasteiger partial charge >= 0.3 is 0 Å². The average Bonchev–Trinajstić information content (AvgIpc) is 3.00. The molecule has 0 aromatic carbocycles. The highest BCUT2D eigenvalue weighted by Gasteiger charge is 2.20. The largest absolute Gasteiger partial charge is 0.374 e. The fraction of sp³-hybridized carbons (Fsp3) is 0.462. The number of piperazine rings is 1. The van der Waals surface area contributed by atoms with Crippen LogP contribution in [0.3, 0.4) is 0 Å². The van der Waals surface area contributed by atoms with E-state index in [0.717, 1.165) is 32.1 Å². The second-order valence-electron chi connectivity index (χ2n) is 5.12. The highest BCUT2D eigenvalue weighted by Crippen LogP contribution is 2.11. The summed E-state index contributed by atoms with van der Waals surface area (Å²) in [6.45, 7) is 3.96. The van der Waals surface area contributed by atoms with Crippen molar-refractivity contribution in [2.24, 2.45) is 0 Å². The van der Waals surface area contributed by atoms with Gasteiger partial charge in [-0.2, -0.15) is 0 Å². The second-order valence-corrected chi connectivity index (χ2v) is 6.22. The molecular weight excluding hydrogens is 316 g/mol. The van der Waals surface area contributed by atoms with Crippen molar-refractivity contribution in [2.75, 3.05) is 43.4 Å². The Labute approximate surface area is 137 Å². The summed E-state index contributed by atoms with van der Waals surface area (Å²) in [4.78, 5) is 24.7. The molecule has 1 saturated heterocycles. The summed E-state index contributed by atoms with van der Waals surface area (Å²) in [5.74, 6) is 0.716. The van der Waals surface area contributed by atoms with Crippen molar-refractivity contribution in [3.05, 3.63) is 23.5 Å². The third-order valence-electron chi connectivity index (χ3n) is 3.49. The van der Waals surface area contributed by atoms with Crippen molar-refractivity contribution in [1.82, 2.24) is 30.4 Å². The minimum atomic E-state index is -0.0248. The molecule has 1 fully saturated rings. The molecule has 10 heteroatoms. The first-order chi connectivity index (χ1) is 11.2. The van der Waals surface area contributed by atoms with Crippen LogP contribution in [0.15, 0.2) is 18.5 Å². The van der Waals surface area contributed by atoms with Gasteiger partial charge in [-0.1, -0.05) is 11.3 Å². The molecule has 0 unspecified atom stereocenters. The van der Waals surface area contributed by atoms with Crippen LogP contribution in [-0.4, -0.2) is 63.7 Å². The summed E-state index contributed by atoms with van der Waals surface area (Å²) >= 11 is 1.28. The van der Waals surface area contributed by atoms with E-state index in [4.69, 9.17) is 5.73 Å². The zero-order chi connectivity index (χ0) is 16.1. The highest BCUT2D eigenvalue weighted by molar-refractivity contribution is 7.15. The molecule has 2 aromatic heterocycles. The fourth-order valence-corrected chi connectivity index (χ4v) is 2.88. The minimum Gasteiger partial charge on any atom is -0.374 e. The van der Waals surface area contributed by atoms with Crippen molar-refractivity contribution in [3.8, 4) is 0 Å². The number of carbonyl (C=O) groups is 1. The Morgan fingerprint density at radius 3 is 2.61 bits per heavy atom. The van der Waals surface area contributed by atoms with E-state index in [2.05, 4.69) is 35.3 Å². The number of hydrogen-bond donors (Lipinski definition) is 2. The van der Waals surface area contributed by atoms with Crippen LogP contribution in [0.1, 0.15) is 5.01 Å². The molecule has 23 heavy (non-hydrogen) atoms. The molecule has 1 amide bonds. The Morgan fingerprint density at radius 1 is 1.22 bits per heavy atom. The molecule has 1 aliphatic heterocycles. The minimum absolute atomic E-state index is 0.0248. The van der Waals surface area contributed by atoms with Crippen LogP contribution < -0.4 is 16.0 Å². The van der Waals surface area contributed by atoms with Crippen molar-refractivity contribution in [2.45, 2.75) is 6.54 Å². The van der Waals surface area contributed by atoms with Crippen LogP contribution in [0, 0.1) is 0 Å². The van der Waals surface area contributed by atoms with Gasteiger partial charge in [-0.15, -0.1) is 10.2 Å². The van der Waals surface area contributed by atoms with E-state index in [0.29, 0.717) is 23.2 Å². The average molecular weight is 334 g/mol. The van der Waals surface area contributed by atoms with E-state index in [1.807, 2.05) is 0 Å². The number of aromatic nitrogens is 4. The second kappa shape index (κ2) is 7.29. The molecule has 0 spiro atoms. The molecule has 1 aliphatic rings. The summed E-state index contributed by atoms with van der Waals surface area (Å²) < 4.78 is 0. The molecule has 0 saturated carbocycles. The maximum atomic E-state index is 12.0. The number of amides is 1. The predicted octanol–water partition coefficient (Wildman–Crippen LogP) is -0.651. The van der Waals surface area contributed by atoms with E-state index in [1.54, 1.807) is 18.5 Å². The topological polar surface area (TPSA) is 113 Å². The molecule has 2 aromatic rings. The lowest BCUT2D eigenvalue weighted by molar-refractivity contribution is -0.122. The number of nitrogen functional groups attached to an aromatic ring is 1. The van der Waals surface area contributed by atoms with Gasteiger partial charge in [-0.3, -0.25) is 9.69 Å². The van der Waals surface area contributed by atoms with Crippen LogP contribution in [0.25, 0.3) is 0 Å². The van der Waals surface area contributed by atoms with Crippen LogP contribution >= 0.6 is 11.3 Å². The number of nitrogens with one attached hydrogen (secondary N) is 1. The van der Waals surface area contributed by atoms with Crippen LogP contribution in [0.4, 0.5) is 11.1 Å². The molecule has 0 bridgehead atoms. The van der Waals surface area contributed by atoms with Gasteiger partial charge in [0.15, 0.2) is 0 Å². The zero-order valence-corrected chi connectivity index (χ0v) is 13.4. The first-order valence-corrected chi connectivity index (χ1v) is 8.11. The number of carbonyl (C=O) groups excluding carboxylic acids is 1. The first kappa shape index (κ1) is 15.6. The van der Waals surface area contributed by atoms with Gasteiger partial charge in [-0.05, 0) is 6.07 Å². The highest BCUT2D eigenvalue weighted by atomic mass is 32.1. The van der Waals surface area contributed by atoms with E-state index in [1.165, 1.54) is 11.3 Å². The number of rotatable bonds is 5. The molecule has 0 radical (unpaired) electrons. The molecule has 3 heterocycles. The first-order valence-electron chi connectivity index (χ1n) is 7.29. The predicted molar refractivity (Wildman–Crippen MR) is 86.9 cm³/mol. The lowest BCUT2D eigenvalue weighted by Crippen LogP contribution is -2.49. The third-order valence-corrected chi connectivity index (χ3v) is 4.25. The molecule has 0 atom stereocenters. The number of hydrogen-bond acceptors (Lipinski definition) is 9. The lowest BCUT2D eigenvalue weighted by Gasteiger charge is -2.34. The molecule has 3 N–H and O–H groups in total. The van der Waals surface area contributed by atoms with E-state index in [-0.39, 0.29) is 5.91 Å². The molecular formula is C13H18N8OS. The Kier molecular flexibility index (Phi) is 4.93.